The molecule has 0 aliphatic carbocycles. The van der Waals surface area contributed by atoms with E-state index in [0.717, 1.165) is 12.8 Å². The summed E-state index contributed by atoms with van der Waals surface area (Å²) in [4.78, 5) is 0. The molecule has 0 nitrogen and oxygen atoms in total. The van der Waals surface area contributed by atoms with Crippen LogP contribution in [0.3, 0.4) is 0 Å². The molecule has 0 bridgehead atoms. The van der Waals surface area contributed by atoms with Gasteiger partial charge in [-0.15, -0.1) is 0 Å². The van der Waals surface area contributed by atoms with Crippen molar-refractivity contribution in [3.05, 3.63) is 13.8 Å². The minimum atomic E-state index is 0. The second-order valence-electron chi connectivity index (χ2n) is 1.71. The Morgan fingerprint density at radius 2 is 1.00 bits per heavy atom. The van der Waals surface area contributed by atoms with Crippen molar-refractivity contribution in [2.45, 2.75) is 39.5 Å². The number of unbranched alkanes of at least 4 members (excludes halogenated alkanes) is 2. The fourth-order valence-electron chi connectivity index (χ4n) is 0. The fraction of sp³-hybridized carbons (Fsp3) is 0.750. The summed E-state index contributed by atoms with van der Waals surface area (Å²) in [7, 11) is 0. The molecular weight excluding hydrogens is 227 g/mol. The number of hydrogen-bond donors (Lipinski definition) is 0. The predicted octanol–water partition coefficient (Wildman–Crippen LogP) is 3.24. The third-order valence-electron chi connectivity index (χ3n) is 0.707. The summed E-state index contributed by atoms with van der Waals surface area (Å²) in [6.45, 7) is 11.4. The largest absolute Gasteiger partial charge is 2.00 e. The molecule has 0 spiro atoms. The molecule has 0 atom stereocenters. The Kier molecular flexibility index (Phi) is 71.6. The first kappa shape index (κ1) is 22.5. The molecule has 0 aromatic heterocycles. The Bertz CT molecular complexity index is 15.2. The zero-order valence-electron chi connectivity index (χ0n) is 7.66. The normalized spacial score (nSPS) is 6.00. The van der Waals surface area contributed by atoms with Crippen LogP contribution in [0, 0.1) is 13.8 Å². The molecule has 0 saturated heterocycles. The molecule has 0 saturated carbocycles. The molecule has 0 heterocycles. The van der Waals surface area contributed by atoms with Crippen LogP contribution >= 0.6 is 0 Å². The molecule has 0 aromatic rings. The Balaban J connectivity index is -0.0000000300. The van der Waals surface area contributed by atoms with Crippen LogP contribution in [0.5, 0.6) is 0 Å². The van der Waals surface area contributed by atoms with Gasteiger partial charge in [-0.25, -0.2) is 0 Å². The van der Waals surface area contributed by atoms with E-state index in [2.05, 4.69) is 27.7 Å². The first-order valence-electron chi connectivity index (χ1n) is 3.41. The first-order chi connectivity index (χ1) is 3.83. The summed E-state index contributed by atoms with van der Waals surface area (Å²) >= 11 is 0. The van der Waals surface area contributed by atoms with E-state index in [1.165, 1.54) is 12.8 Å². The maximum Gasteiger partial charge on any atom is 2.00 e. The SMILES string of the molecule is [CH2-]CCC.[CH2-]CCC.[Zn+2].[Zn]. The molecular formula is C8H18Zn2. The Hall–Kier alpha value is 1.25. The van der Waals surface area contributed by atoms with Crippen molar-refractivity contribution in [3.63, 3.8) is 0 Å². The fourth-order valence-corrected chi connectivity index (χ4v) is 0. The molecule has 0 unspecified atom stereocenters. The van der Waals surface area contributed by atoms with Crippen LogP contribution in [0.2, 0.25) is 0 Å². The van der Waals surface area contributed by atoms with Gasteiger partial charge < -0.3 is 13.8 Å². The van der Waals surface area contributed by atoms with Gasteiger partial charge in [0.2, 0.25) is 0 Å². The van der Waals surface area contributed by atoms with E-state index in [-0.39, 0.29) is 39.0 Å². The summed E-state index contributed by atoms with van der Waals surface area (Å²) in [5, 5.41) is 0. The molecule has 0 aromatic carbocycles. The van der Waals surface area contributed by atoms with Crippen LogP contribution in [0.15, 0.2) is 0 Å². The molecule has 0 N–H and O–H groups in total. The zero-order valence-corrected chi connectivity index (χ0v) is 13.6. The van der Waals surface area contributed by atoms with Crippen LogP contribution in [-0.2, 0) is 39.0 Å². The quantitative estimate of drug-likeness (QED) is 0.517. The molecule has 54 valence electrons. The maximum atomic E-state index is 3.60. The first-order valence-corrected chi connectivity index (χ1v) is 3.41. The van der Waals surface area contributed by atoms with Crippen molar-refractivity contribution >= 4 is 0 Å². The summed E-state index contributed by atoms with van der Waals surface area (Å²) in [5.74, 6) is 0. The monoisotopic (exact) mass is 242 g/mol. The van der Waals surface area contributed by atoms with E-state index in [9.17, 15) is 0 Å². The Morgan fingerprint density at radius 1 is 0.900 bits per heavy atom. The second-order valence-corrected chi connectivity index (χ2v) is 1.71. The van der Waals surface area contributed by atoms with Gasteiger partial charge in [0.25, 0.3) is 0 Å². The van der Waals surface area contributed by atoms with Crippen molar-refractivity contribution < 1.29 is 39.0 Å². The van der Waals surface area contributed by atoms with Gasteiger partial charge >= 0.3 is 19.5 Å². The zero-order chi connectivity index (χ0) is 6.83. The van der Waals surface area contributed by atoms with Crippen molar-refractivity contribution in [1.82, 2.24) is 0 Å². The summed E-state index contributed by atoms with van der Waals surface area (Å²) < 4.78 is 0. The van der Waals surface area contributed by atoms with Gasteiger partial charge in [-0.2, -0.15) is 12.8 Å². The second kappa shape index (κ2) is 31.8. The Labute approximate surface area is 92.1 Å². The molecule has 0 aliphatic rings. The summed E-state index contributed by atoms with van der Waals surface area (Å²) in [5.41, 5.74) is 0. The van der Waals surface area contributed by atoms with Crippen LogP contribution in [-0.4, -0.2) is 0 Å². The van der Waals surface area contributed by atoms with Crippen molar-refractivity contribution in [2.75, 3.05) is 0 Å². The van der Waals surface area contributed by atoms with Crippen molar-refractivity contribution in [1.29, 1.82) is 0 Å². The molecule has 0 rings (SSSR count). The van der Waals surface area contributed by atoms with Gasteiger partial charge in [0, 0.05) is 19.5 Å². The molecule has 10 heavy (non-hydrogen) atoms. The van der Waals surface area contributed by atoms with E-state index in [0.29, 0.717) is 0 Å². The smallest absolute Gasteiger partial charge is 0.343 e. The van der Waals surface area contributed by atoms with Crippen molar-refractivity contribution in [3.8, 4) is 0 Å². The van der Waals surface area contributed by atoms with Crippen LogP contribution < -0.4 is 0 Å². The Morgan fingerprint density at radius 3 is 1.00 bits per heavy atom. The molecule has 0 fully saturated rings. The van der Waals surface area contributed by atoms with Crippen LogP contribution in [0.1, 0.15) is 39.5 Å². The van der Waals surface area contributed by atoms with Gasteiger partial charge in [0.1, 0.15) is 0 Å². The van der Waals surface area contributed by atoms with Crippen LogP contribution in [0.25, 0.3) is 0 Å². The average molecular weight is 245 g/mol. The average Bonchev–Trinajstić information content (AvgIpc) is 1.88. The summed E-state index contributed by atoms with van der Waals surface area (Å²) in [6.07, 6.45) is 4.56. The predicted molar refractivity (Wildman–Crippen MR) is 40.5 cm³/mol. The van der Waals surface area contributed by atoms with E-state index in [1.807, 2.05) is 0 Å². The molecule has 0 radical (unpaired) electrons. The van der Waals surface area contributed by atoms with E-state index in [1.54, 1.807) is 0 Å². The van der Waals surface area contributed by atoms with Gasteiger partial charge in [-0.1, -0.05) is 26.7 Å². The molecule has 2 heteroatoms. The van der Waals surface area contributed by atoms with Gasteiger partial charge in [-0.3, -0.25) is 0 Å². The topological polar surface area (TPSA) is 0 Å². The van der Waals surface area contributed by atoms with Crippen molar-refractivity contribution in [2.24, 2.45) is 0 Å². The standard InChI is InChI=1S/2C4H9.2Zn/c2*1-3-4-2;;/h2*1,3-4H2,2H3;;/q2*-1;;+2. The third-order valence-corrected chi connectivity index (χ3v) is 0.707. The third kappa shape index (κ3) is 59.7. The minimum Gasteiger partial charge on any atom is -0.343 e. The molecule has 0 amide bonds. The van der Waals surface area contributed by atoms with Crippen LogP contribution in [0.4, 0.5) is 0 Å². The number of rotatable bonds is 2. The van der Waals surface area contributed by atoms with Gasteiger partial charge in [0.15, 0.2) is 0 Å². The number of hydrogen-bond acceptors (Lipinski definition) is 0. The van der Waals surface area contributed by atoms with E-state index < -0.39 is 0 Å². The molecule has 0 aliphatic heterocycles. The summed E-state index contributed by atoms with van der Waals surface area (Å²) in [6, 6.07) is 0. The minimum absolute atomic E-state index is 0. The van der Waals surface area contributed by atoms with E-state index >= 15 is 0 Å². The van der Waals surface area contributed by atoms with E-state index in [4.69, 9.17) is 0 Å². The van der Waals surface area contributed by atoms with Gasteiger partial charge in [0.05, 0.1) is 0 Å². The van der Waals surface area contributed by atoms with Gasteiger partial charge in [-0.05, 0) is 0 Å². The maximum absolute atomic E-state index is 3.60.